The molecular weight excluding hydrogens is 270 g/mol. The van der Waals surface area contributed by atoms with Gasteiger partial charge in [0.2, 0.25) is 0 Å². The highest BCUT2D eigenvalue weighted by molar-refractivity contribution is 5.94. The van der Waals surface area contributed by atoms with Crippen LogP contribution in [-0.4, -0.2) is 40.8 Å². The van der Waals surface area contributed by atoms with Gasteiger partial charge in [-0.25, -0.2) is 9.48 Å². The first kappa shape index (κ1) is 13.8. The number of nitrogens with zero attached hydrogens (tertiary/aromatic N) is 3. The lowest BCUT2D eigenvalue weighted by Crippen LogP contribution is -2.13. The van der Waals surface area contributed by atoms with Gasteiger partial charge in [-0.3, -0.25) is 0 Å². The van der Waals surface area contributed by atoms with Gasteiger partial charge in [-0.1, -0.05) is 35.5 Å². The topological polar surface area (TPSA) is 66.2 Å². The summed E-state index contributed by atoms with van der Waals surface area (Å²) in [6.45, 7) is 3.38. The molecule has 1 aliphatic rings. The summed E-state index contributed by atoms with van der Waals surface area (Å²) in [5.74, 6) is -0.443. The van der Waals surface area contributed by atoms with E-state index in [0.717, 1.165) is 12.0 Å². The second-order valence-electron chi connectivity index (χ2n) is 4.84. The van der Waals surface area contributed by atoms with Crippen molar-refractivity contribution in [1.82, 2.24) is 15.0 Å². The van der Waals surface area contributed by atoms with Gasteiger partial charge in [-0.15, -0.1) is 5.10 Å². The van der Waals surface area contributed by atoms with Gasteiger partial charge >= 0.3 is 5.97 Å². The van der Waals surface area contributed by atoms with Gasteiger partial charge in [-0.2, -0.15) is 0 Å². The van der Waals surface area contributed by atoms with Crippen LogP contribution in [0.4, 0.5) is 0 Å². The van der Waals surface area contributed by atoms with Crippen LogP contribution in [0.25, 0.3) is 11.3 Å². The smallest absolute Gasteiger partial charge is 0.361 e. The molecule has 1 fully saturated rings. The quantitative estimate of drug-likeness (QED) is 0.805. The van der Waals surface area contributed by atoms with Crippen LogP contribution < -0.4 is 0 Å². The summed E-state index contributed by atoms with van der Waals surface area (Å²) in [6.07, 6.45) is 0.867. The molecule has 21 heavy (non-hydrogen) atoms. The molecule has 0 saturated carbocycles. The number of carbonyl (C=O) groups excluding carboxylic acids is 1. The summed E-state index contributed by atoms with van der Waals surface area (Å²) in [5, 5.41) is 8.20. The van der Waals surface area contributed by atoms with E-state index < -0.39 is 5.97 Å². The van der Waals surface area contributed by atoms with E-state index in [4.69, 9.17) is 9.47 Å². The third-order valence-electron chi connectivity index (χ3n) is 3.46. The van der Waals surface area contributed by atoms with Crippen LogP contribution in [0.2, 0.25) is 0 Å². The van der Waals surface area contributed by atoms with Crippen LogP contribution >= 0.6 is 0 Å². The minimum Gasteiger partial charge on any atom is -0.461 e. The monoisotopic (exact) mass is 287 g/mol. The van der Waals surface area contributed by atoms with Crippen molar-refractivity contribution in [2.75, 3.05) is 19.8 Å². The molecule has 110 valence electrons. The molecule has 0 amide bonds. The van der Waals surface area contributed by atoms with Crippen LogP contribution in [0.1, 0.15) is 29.9 Å². The van der Waals surface area contributed by atoms with Crippen molar-refractivity contribution in [2.24, 2.45) is 0 Å². The van der Waals surface area contributed by atoms with Crippen molar-refractivity contribution in [2.45, 2.75) is 19.4 Å². The van der Waals surface area contributed by atoms with Crippen LogP contribution in [0, 0.1) is 0 Å². The van der Waals surface area contributed by atoms with Crippen LogP contribution in [0.3, 0.4) is 0 Å². The van der Waals surface area contributed by atoms with Crippen molar-refractivity contribution >= 4 is 5.97 Å². The Hall–Kier alpha value is -2.21. The maximum absolute atomic E-state index is 12.1. The predicted molar refractivity (Wildman–Crippen MR) is 75.9 cm³/mol. The van der Waals surface area contributed by atoms with E-state index in [-0.39, 0.29) is 11.7 Å². The Morgan fingerprint density at radius 1 is 1.43 bits per heavy atom. The molecule has 0 aliphatic carbocycles. The van der Waals surface area contributed by atoms with E-state index >= 15 is 0 Å². The van der Waals surface area contributed by atoms with Gasteiger partial charge in [0.25, 0.3) is 0 Å². The molecule has 1 atom stereocenters. The van der Waals surface area contributed by atoms with Crippen molar-refractivity contribution in [1.29, 1.82) is 0 Å². The van der Waals surface area contributed by atoms with E-state index in [1.807, 2.05) is 30.3 Å². The van der Waals surface area contributed by atoms with Gasteiger partial charge in [0.05, 0.1) is 19.3 Å². The van der Waals surface area contributed by atoms with E-state index in [1.54, 1.807) is 11.6 Å². The fourth-order valence-corrected chi connectivity index (χ4v) is 2.47. The number of aromatic nitrogens is 3. The van der Waals surface area contributed by atoms with Crippen molar-refractivity contribution in [3.63, 3.8) is 0 Å². The molecule has 0 spiro atoms. The Morgan fingerprint density at radius 3 is 2.90 bits per heavy atom. The zero-order valence-corrected chi connectivity index (χ0v) is 11.9. The fourth-order valence-electron chi connectivity index (χ4n) is 2.47. The molecule has 3 rings (SSSR count). The average Bonchev–Trinajstić information content (AvgIpc) is 3.17. The lowest BCUT2D eigenvalue weighted by Gasteiger charge is -2.12. The third kappa shape index (κ3) is 2.67. The lowest BCUT2D eigenvalue weighted by atomic mass is 10.1. The van der Waals surface area contributed by atoms with E-state index in [9.17, 15) is 4.79 Å². The van der Waals surface area contributed by atoms with Crippen molar-refractivity contribution in [3.8, 4) is 11.3 Å². The number of hydrogen-bond donors (Lipinski definition) is 0. The zero-order chi connectivity index (χ0) is 14.7. The number of carbonyl (C=O) groups is 1. The zero-order valence-electron chi connectivity index (χ0n) is 11.9. The molecular formula is C15H17N3O3. The number of esters is 1. The first-order valence-corrected chi connectivity index (χ1v) is 7.06. The molecule has 6 nitrogen and oxygen atoms in total. The summed E-state index contributed by atoms with van der Waals surface area (Å²) in [4.78, 5) is 12.1. The summed E-state index contributed by atoms with van der Waals surface area (Å²) in [7, 11) is 0. The summed E-state index contributed by atoms with van der Waals surface area (Å²) < 4.78 is 12.3. The Kier molecular flexibility index (Phi) is 3.96. The third-order valence-corrected chi connectivity index (χ3v) is 3.46. The van der Waals surface area contributed by atoms with E-state index in [1.165, 1.54) is 0 Å². The number of benzene rings is 1. The standard InChI is InChI=1S/C15H17N3O3/c1-2-21-15(19)13-14(11-6-4-3-5-7-11)18(17-16-13)12-8-9-20-10-12/h3-7,12H,2,8-10H2,1H3. The molecule has 0 N–H and O–H groups in total. The SMILES string of the molecule is CCOC(=O)c1nnn(C2CCOC2)c1-c1ccccc1. The highest BCUT2D eigenvalue weighted by Gasteiger charge is 2.28. The summed E-state index contributed by atoms with van der Waals surface area (Å²) >= 11 is 0. The molecule has 1 aliphatic heterocycles. The van der Waals surface area contributed by atoms with Gasteiger partial charge in [-0.05, 0) is 13.3 Å². The summed E-state index contributed by atoms with van der Waals surface area (Å²) in [5.41, 5.74) is 1.86. The first-order chi connectivity index (χ1) is 10.3. The van der Waals surface area contributed by atoms with Crippen molar-refractivity contribution < 1.29 is 14.3 Å². The molecule has 1 aromatic carbocycles. The Morgan fingerprint density at radius 2 is 2.24 bits per heavy atom. The second-order valence-corrected chi connectivity index (χ2v) is 4.84. The van der Waals surface area contributed by atoms with Gasteiger partial charge < -0.3 is 9.47 Å². The Balaban J connectivity index is 2.07. The van der Waals surface area contributed by atoms with Gasteiger partial charge in [0.1, 0.15) is 5.69 Å². The highest BCUT2D eigenvalue weighted by atomic mass is 16.5. The van der Waals surface area contributed by atoms with E-state index in [2.05, 4.69) is 10.3 Å². The van der Waals surface area contributed by atoms with Crippen molar-refractivity contribution in [3.05, 3.63) is 36.0 Å². The molecule has 0 radical (unpaired) electrons. The number of hydrogen-bond acceptors (Lipinski definition) is 5. The Bertz CT molecular complexity index is 618. The highest BCUT2D eigenvalue weighted by Crippen LogP contribution is 2.28. The van der Waals surface area contributed by atoms with Crippen LogP contribution in [0.15, 0.2) is 30.3 Å². The normalized spacial score (nSPS) is 17.9. The average molecular weight is 287 g/mol. The Labute approximate surface area is 122 Å². The molecule has 0 bridgehead atoms. The maximum atomic E-state index is 12.1. The molecule has 2 heterocycles. The predicted octanol–water partition coefficient (Wildman–Crippen LogP) is 2.08. The van der Waals surface area contributed by atoms with Gasteiger partial charge in [0, 0.05) is 12.2 Å². The second kappa shape index (κ2) is 6.05. The van der Waals surface area contributed by atoms with E-state index in [0.29, 0.717) is 25.5 Å². The number of rotatable bonds is 4. The largest absolute Gasteiger partial charge is 0.461 e. The van der Waals surface area contributed by atoms with Crippen LogP contribution in [0.5, 0.6) is 0 Å². The van der Waals surface area contributed by atoms with Gasteiger partial charge in [0.15, 0.2) is 5.69 Å². The summed E-state index contributed by atoms with van der Waals surface area (Å²) in [6, 6.07) is 9.76. The molecule has 2 aromatic rings. The molecule has 6 heteroatoms. The minimum absolute atomic E-state index is 0.107. The molecule has 1 aromatic heterocycles. The fraction of sp³-hybridized carbons (Fsp3) is 0.400. The minimum atomic E-state index is -0.443. The maximum Gasteiger partial charge on any atom is 0.361 e. The molecule has 1 saturated heterocycles. The van der Waals surface area contributed by atoms with Crippen LogP contribution in [-0.2, 0) is 9.47 Å². The number of ether oxygens (including phenoxy) is 2. The lowest BCUT2D eigenvalue weighted by molar-refractivity contribution is 0.0520. The first-order valence-electron chi connectivity index (χ1n) is 7.06. The molecule has 1 unspecified atom stereocenters.